The van der Waals surface area contributed by atoms with E-state index in [1.807, 2.05) is 48.5 Å². The molecule has 3 aromatic rings. The molecular weight excluding hydrogens is 362 g/mol. The van der Waals surface area contributed by atoms with Gasteiger partial charge in [0, 0.05) is 30.6 Å². The Hall–Kier alpha value is -3.08. The normalized spacial score (nSPS) is 12.6. The highest BCUT2D eigenvalue weighted by molar-refractivity contribution is 5.74. The molecule has 2 N–H and O–H groups in total. The lowest BCUT2D eigenvalue weighted by atomic mass is 9.78. The second kappa shape index (κ2) is 8.52. The fourth-order valence-corrected chi connectivity index (χ4v) is 3.54. The predicted octanol–water partition coefficient (Wildman–Crippen LogP) is 4.61. The van der Waals surface area contributed by atoms with Crippen LogP contribution in [-0.2, 0) is 11.3 Å². The van der Waals surface area contributed by atoms with Gasteiger partial charge >= 0.3 is 0 Å². The molecule has 152 valence electrons. The molecule has 0 fully saturated rings. The number of carbonyl (C=O) groups is 1. The van der Waals surface area contributed by atoms with Crippen LogP contribution in [0.3, 0.4) is 0 Å². The number of amides is 1. The Labute approximate surface area is 172 Å². The Balaban J connectivity index is 2.08. The van der Waals surface area contributed by atoms with Gasteiger partial charge in [0.25, 0.3) is 0 Å². The number of primary amides is 1. The number of rotatable bonds is 7. The van der Waals surface area contributed by atoms with E-state index in [0.717, 1.165) is 28.4 Å². The summed E-state index contributed by atoms with van der Waals surface area (Å²) in [5.74, 6) is 1.28. The molecule has 5 heteroatoms. The van der Waals surface area contributed by atoms with Crippen molar-refractivity contribution in [1.29, 1.82) is 0 Å². The maximum Gasteiger partial charge on any atom is 0.218 e. The zero-order valence-corrected chi connectivity index (χ0v) is 17.6. The molecule has 0 spiro atoms. The van der Waals surface area contributed by atoms with Gasteiger partial charge in [0.15, 0.2) is 0 Å². The van der Waals surface area contributed by atoms with Gasteiger partial charge in [-0.2, -0.15) is 0 Å². The van der Waals surface area contributed by atoms with Crippen molar-refractivity contribution in [1.82, 2.24) is 9.55 Å². The summed E-state index contributed by atoms with van der Waals surface area (Å²) in [5, 5.41) is 0. The van der Waals surface area contributed by atoms with E-state index in [2.05, 4.69) is 37.6 Å². The van der Waals surface area contributed by atoms with E-state index in [9.17, 15) is 4.79 Å². The smallest absolute Gasteiger partial charge is 0.218 e. The van der Waals surface area contributed by atoms with Crippen molar-refractivity contribution < 1.29 is 9.53 Å². The number of carbonyl (C=O) groups excluding carboxylic acids is 1. The van der Waals surface area contributed by atoms with Crippen LogP contribution in [0.2, 0.25) is 0 Å². The first-order valence-electron chi connectivity index (χ1n) is 9.81. The summed E-state index contributed by atoms with van der Waals surface area (Å²) in [7, 11) is 1.66. The van der Waals surface area contributed by atoms with Gasteiger partial charge < -0.3 is 15.0 Å². The van der Waals surface area contributed by atoms with Crippen LogP contribution in [-0.4, -0.2) is 22.6 Å². The van der Waals surface area contributed by atoms with Crippen molar-refractivity contribution in [3.63, 3.8) is 0 Å². The van der Waals surface area contributed by atoms with Crippen molar-refractivity contribution in [2.75, 3.05) is 7.11 Å². The molecule has 1 amide bonds. The molecule has 1 atom stereocenters. The first-order chi connectivity index (χ1) is 13.8. The Bertz CT molecular complexity index is 971. The van der Waals surface area contributed by atoms with Crippen LogP contribution in [0, 0.1) is 5.41 Å². The molecule has 0 radical (unpaired) electrons. The van der Waals surface area contributed by atoms with Gasteiger partial charge in [-0.3, -0.25) is 4.79 Å². The maximum absolute atomic E-state index is 11.8. The van der Waals surface area contributed by atoms with Gasteiger partial charge in [-0.1, -0.05) is 63.2 Å². The van der Waals surface area contributed by atoms with E-state index in [-0.39, 0.29) is 23.7 Å². The van der Waals surface area contributed by atoms with Crippen molar-refractivity contribution in [3.05, 3.63) is 72.2 Å². The highest BCUT2D eigenvalue weighted by atomic mass is 16.5. The fraction of sp³-hybridized carbons (Fsp3) is 0.333. The maximum atomic E-state index is 11.8. The minimum atomic E-state index is -0.317. The number of nitrogens with zero attached hydrogens (tertiary/aromatic N) is 2. The number of hydrogen-bond donors (Lipinski definition) is 1. The molecule has 2 aromatic carbocycles. The van der Waals surface area contributed by atoms with Crippen molar-refractivity contribution in [3.8, 4) is 17.0 Å². The fourth-order valence-electron chi connectivity index (χ4n) is 3.54. The summed E-state index contributed by atoms with van der Waals surface area (Å²) in [6.45, 7) is 6.99. The third-order valence-electron chi connectivity index (χ3n) is 5.13. The number of hydrogen-bond acceptors (Lipinski definition) is 3. The number of aromatic nitrogens is 2. The average molecular weight is 392 g/mol. The van der Waals surface area contributed by atoms with Crippen LogP contribution >= 0.6 is 0 Å². The number of benzene rings is 2. The van der Waals surface area contributed by atoms with E-state index in [1.165, 1.54) is 0 Å². The first kappa shape index (κ1) is 20.6. The molecule has 0 unspecified atom stereocenters. The van der Waals surface area contributed by atoms with E-state index in [4.69, 9.17) is 15.5 Å². The van der Waals surface area contributed by atoms with Gasteiger partial charge in [-0.15, -0.1) is 0 Å². The average Bonchev–Trinajstić information content (AvgIpc) is 3.09. The second-order valence-corrected chi connectivity index (χ2v) is 8.42. The molecule has 5 nitrogen and oxygen atoms in total. The van der Waals surface area contributed by atoms with Crippen LogP contribution in [0.15, 0.2) is 60.8 Å². The van der Waals surface area contributed by atoms with Crippen LogP contribution < -0.4 is 10.5 Å². The summed E-state index contributed by atoms with van der Waals surface area (Å²) < 4.78 is 7.50. The van der Waals surface area contributed by atoms with Gasteiger partial charge in [0.05, 0.1) is 12.8 Å². The minimum Gasteiger partial charge on any atom is -0.497 e. The summed E-state index contributed by atoms with van der Waals surface area (Å²) in [5.41, 5.74) is 8.47. The Morgan fingerprint density at radius 1 is 1.14 bits per heavy atom. The van der Waals surface area contributed by atoms with E-state index >= 15 is 0 Å². The number of nitrogens with two attached hydrogens (primary N) is 1. The molecule has 3 rings (SSSR count). The molecule has 1 aromatic heterocycles. The molecule has 0 saturated carbocycles. The van der Waals surface area contributed by atoms with Crippen molar-refractivity contribution in [2.24, 2.45) is 11.1 Å². The Kier molecular flexibility index (Phi) is 6.06. The third kappa shape index (κ3) is 5.05. The highest BCUT2D eigenvalue weighted by Gasteiger charge is 2.32. The van der Waals surface area contributed by atoms with Gasteiger partial charge in [-0.25, -0.2) is 4.98 Å². The predicted molar refractivity (Wildman–Crippen MR) is 116 cm³/mol. The summed E-state index contributed by atoms with van der Waals surface area (Å²) in [6, 6.07) is 18.1. The standard InChI is InChI=1S/C24H29N3O2/c1-24(2,3)20(14-22(25)28)23-26-21(18-10-6-5-7-11-18)16-27(23)15-17-9-8-12-19(13-17)29-4/h5-13,16,20H,14-15H2,1-4H3,(H2,25,28)/t20-/m0/s1. The number of ether oxygens (including phenoxy) is 1. The van der Waals surface area contributed by atoms with Gasteiger partial charge in [0.1, 0.15) is 11.6 Å². The zero-order valence-electron chi connectivity index (χ0n) is 17.6. The second-order valence-electron chi connectivity index (χ2n) is 8.42. The quantitative estimate of drug-likeness (QED) is 0.639. The van der Waals surface area contributed by atoms with E-state index in [1.54, 1.807) is 7.11 Å². The molecule has 0 saturated heterocycles. The highest BCUT2D eigenvalue weighted by Crippen LogP contribution is 2.38. The molecule has 0 aliphatic rings. The molecule has 1 heterocycles. The molecular formula is C24H29N3O2. The monoisotopic (exact) mass is 391 g/mol. The summed E-state index contributed by atoms with van der Waals surface area (Å²) >= 11 is 0. The molecule has 0 aliphatic heterocycles. The number of imidazole rings is 1. The van der Waals surface area contributed by atoms with Gasteiger partial charge in [0.2, 0.25) is 5.91 Å². The number of methoxy groups -OCH3 is 1. The lowest BCUT2D eigenvalue weighted by molar-refractivity contribution is -0.119. The van der Waals surface area contributed by atoms with Crippen molar-refractivity contribution in [2.45, 2.75) is 39.7 Å². The van der Waals surface area contributed by atoms with Crippen LogP contribution in [0.4, 0.5) is 0 Å². The van der Waals surface area contributed by atoms with Gasteiger partial charge in [-0.05, 0) is 23.1 Å². The molecule has 29 heavy (non-hydrogen) atoms. The molecule has 0 bridgehead atoms. The van der Waals surface area contributed by atoms with Crippen LogP contribution in [0.25, 0.3) is 11.3 Å². The van der Waals surface area contributed by atoms with E-state index < -0.39 is 0 Å². The largest absolute Gasteiger partial charge is 0.497 e. The Morgan fingerprint density at radius 3 is 2.48 bits per heavy atom. The topological polar surface area (TPSA) is 70.1 Å². The first-order valence-corrected chi connectivity index (χ1v) is 9.81. The zero-order chi connectivity index (χ0) is 21.0. The Morgan fingerprint density at radius 2 is 1.86 bits per heavy atom. The third-order valence-corrected chi connectivity index (χ3v) is 5.13. The molecule has 0 aliphatic carbocycles. The lowest BCUT2D eigenvalue weighted by Gasteiger charge is -2.30. The lowest BCUT2D eigenvalue weighted by Crippen LogP contribution is -2.27. The SMILES string of the molecule is COc1cccc(Cn2cc(-c3ccccc3)nc2[C@H](CC(N)=O)C(C)(C)C)c1. The summed E-state index contributed by atoms with van der Waals surface area (Å²) in [4.78, 5) is 16.8. The summed E-state index contributed by atoms with van der Waals surface area (Å²) in [6.07, 6.45) is 2.32. The van der Waals surface area contributed by atoms with Crippen LogP contribution in [0.5, 0.6) is 5.75 Å². The van der Waals surface area contributed by atoms with Crippen molar-refractivity contribution >= 4 is 5.91 Å². The van der Waals surface area contributed by atoms with E-state index in [0.29, 0.717) is 6.54 Å². The minimum absolute atomic E-state index is 0.0944. The van der Waals surface area contributed by atoms with Crippen LogP contribution in [0.1, 0.15) is 44.5 Å².